The van der Waals surface area contributed by atoms with Crippen LogP contribution in [0.25, 0.3) is 0 Å². The molecule has 2 N–H and O–H groups in total. The van der Waals surface area contributed by atoms with E-state index < -0.39 is 5.97 Å². The minimum atomic E-state index is -0.725. The lowest BCUT2D eigenvalue weighted by atomic mass is 10.0. The fourth-order valence-electron chi connectivity index (χ4n) is 1.71. The summed E-state index contributed by atoms with van der Waals surface area (Å²) in [6.07, 6.45) is 5.01. The van der Waals surface area contributed by atoms with Crippen LogP contribution in [0.15, 0.2) is 12.2 Å². The lowest BCUT2D eigenvalue weighted by Gasteiger charge is -2.13. The van der Waals surface area contributed by atoms with Crippen LogP contribution in [0.3, 0.4) is 0 Å². The Bertz CT molecular complexity index is 200. The van der Waals surface area contributed by atoms with Crippen LogP contribution < -0.4 is 5.32 Å². The van der Waals surface area contributed by atoms with Crippen LogP contribution in [-0.2, 0) is 4.79 Å². The molecule has 2 rings (SSSR count). The van der Waals surface area contributed by atoms with E-state index in [4.69, 9.17) is 5.11 Å². The Morgan fingerprint density at radius 1 is 1.60 bits per heavy atom. The van der Waals surface area contributed by atoms with Gasteiger partial charge in [-0.2, -0.15) is 0 Å². The molecule has 0 amide bonds. The van der Waals surface area contributed by atoms with Crippen LogP contribution >= 0.6 is 0 Å². The normalized spacial score (nSPS) is 42.6. The van der Waals surface area contributed by atoms with Gasteiger partial charge in [0.25, 0.3) is 0 Å². The van der Waals surface area contributed by atoms with E-state index in [-0.39, 0.29) is 12.0 Å². The molecule has 0 radical (unpaired) electrons. The van der Waals surface area contributed by atoms with Crippen molar-refractivity contribution >= 4 is 5.97 Å². The van der Waals surface area contributed by atoms with Crippen LogP contribution in [-0.4, -0.2) is 23.2 Å². The van der Waals surface area contributed by atoms with Gasteiger partial charge >= 0.3 is 5.97 Å². The number of nitrogens with one attached hydrogen (secondary N) is 1. The predicted molar refractivity (Wildman–Crippen MR) is 35.6 cm³/mol. The highest BCUT2D eigenvalue weighted by molar-refractivity contribution is 5.75. The standard InChI is InChI=1S/C7H9NO2/c9-7(10)6-4-1-2-5(3-4)8-6/h1-2,4-6,8H,3H2,(H,9,10)/t4-,5+,6-/m1/s1. The van der Waals surface area contributed by atoms with Crippen molar-refractivity contribution in [3.8, 4) is 0 Å². The second-order valence-electron chi connectivity index (χ2n) is 2.87. The number of carboxylic acids is 1. The number of fused-ring (bicyclic) bond motifs is 2. The third-order valence-electron chi connectivity index (χ3n) is 2.20. The Labute approximate surface area is 58.7 Å². The smallest absolute Gasteiger partial charge is 0.321 e. The summed E-state index contributed by atoms with van der Waals surface area (Å²) in [5, 5.41) is 11.6. The monoisotopic (exact) mass is 139 g/mol. The molecule has 1 aliphatic carbocycles. The zero-order valence-corrected chi connectivity index (χ0v) is 5.45. The topological polar surface area (TPSA) is 49.3 Å². The quantitative estimate of drug-likeness (QED) is 0.502. The molecule has 0 aromatic heterocycles. The second kappa shape index (κ2) is 1.83. The van der Waals surface area contributed by atoms with Crippen LogP contribution in [0.2, 0.25) is 0 Å². The lowest BCUT2D eigenvalue weighted by Crippen LogP contribution is -2.39. The molecular weight excluding hydrogens is 130 g/mol. The van der Waals surface area contributed by atoms with Crippen LogP contribution in [0.4, 0.5) is 0 Å². The average Bonchev–Trinajstić information content (AvgIpc) is 2.44. The van der Waals surface area contributed by atoms with E-state index in [1.807, 2.05) is 12.2 Å². The summed E-state index contributed by atoms with van der Waals surface area (Å²) in [4.78, 5) is 10.5. The van der Waals surface area contributed by atoms with E-state index in [9.17, 15) is 4.79 Å². The summed E-state index contributed by atoms with van der Waals surface area (Å²) in [7, 11) is 0. The maximum Gasteiger partial charge on any atom is 0.321 e. The molecule has 1 fully saturated rings. The zero-order chi connectivity index (χ0) is 7.14. The fraction of sp³-hybridized carbons (Fsp3) is 0.571. The van der Waals surface area contributed by atoms with Crippen molar-refractivity contribution < 1.29 is 9.90 Å². The van der Waals surface area contributed by atoms with Crippen molar-refractivity contribution in [1.29, 1.82) is 0 Å². The number of carbonyl (C=O) groups is 1. The van der Waals surface area contributed by atoms with Crippen molar-refractivity contribution in [1.82, 2.24) is 5.32 Å². The first-order valence-electron chi connectivity index (χ1n) is 3.44. The van der Waals surface area contributed by atoms with Crippen LogP contribution in [0.5, 0.6) is 0 Å². The van der Waals surface area contributed by atoms with Crippen molar-refractivity contribution in [2.24, 2.45) is 5.92 Å². The third kappa shape index (κ3) is 0.671. The molecule has 1 aliphatic heterocycles. The van der Waals surface area contributed by atoms with E-state index in [2.05, 4.69) is 5.32 Å². The van der Waals surface area contributed by atoms with Crippen LogP contribution in [0.1, 0.15) is 6.42 Å². The molecule has 0 saturated carbocycles. The second-order valence-corrected chi connectivity index (χ2v) is 2.87. The molecule has 1 heterocycles. The van der Waals surface area contributed by atoms with Gasteiger partial charge in [0, 0.05) is 12.0 Å². The Hall–Kier alpha value is -0.830. The van der Waals surface area contributed by atoms with E-state index in [1.165, 1.54) is 0 Å². The number of hydrogen-bond donors (Lipinski definition) is 2. The van der Waals surface area contributed by atoms with Crippen molar-refractivity contribution in [3.05, 3.63) is 12.2 Å². The molecule has 2 bridgehead atoms. The zero-order valence-electron chi connectivity index (χ0n) is 5.45. The Balaban J connectivity index is 2.16. The first kappa shape index (κ1) is 5.92. The van der Waals surface area contributed by atoms with Gasteiger partial charge in [-0.15, -0.1) is 0 Å². The SMILES string of the molecule is O=C(O)[C@@H]1N[C@H]2C=C[C@@H]1C2. The summed E-state index contributed by atoms with van der Waals surface area (Å²) in [5.41, 5.74) is 0. The average molecular weight is 139 g/mol. The van der Waals surface area contributed by atoms with Gasteiger partial charge in [-0.05, 0) is 6.42 Å². The largest absolute Gasteiger partial charge is 0.480 e. The molecule has 2 aliphatic rings. The van der Waals surface area contributed by atoms with E-state index in [0.717, 1.165) is 6.42 Å². The van der Waals surface area contributed by atoms with Gasteiger partial charge in [0.15, 0.2) is 0 Å². The first-order chi connectivity index (χ1) is 4.77. The Morgan fingerprint density at radius 2 is 2.40 bits per heavy atom. The van der Waals surface area contributed by atoms with E-state index in [0.29, 0.717) is 6.04 Å². The maximum atomic E-state index is 10.5. The summed E-state index contributed by atoms with van der Waals surface area (Å²) in [6, 6.07) is 0.00102. The van der Waals surface area contributed by atoms with E-state index >= 15 is 0 Å². The summed E-state index contributed by atoms with van der Waals surface area (Å²) < 4.78 is 0. The summed E-state index contributed by atoms with van der Waals surface area (Å²) in [6.45, 7) is 0. The minimum Gasteiger partial charge on any atom is -0.480 e. The Kier molecular flexibility index (Phi) is 1.08. The molecule has 54 valence electrons. The number of hydrogen-bond acceptors (Lipinski definition) is 2. The Morgan fingerprint density at radius 3 is 2.70 bits per heavy atom. The molecule has 10 heavy (non-hydrogen) atoms. The lowest BCUT2D eigenvalue weighted by molar-refractivity contribution is -0.139. The van der Waals surface area contributed by atoms with Gasteiger partial charge < -0.3 is 5.11 Å². The van der Waals surface area contributed by atoms with Gasteiger partial charge in [0.1, 0.15) is 6.04 Å². The minimum absolute atomic E-state index is 0.238. The van der Waals surface area contributed by atoms with Gasteiger partial charge in [-0.3, -0.25) is 10.1 Å². The molecule has 0 spiro atoms. The van der Waals surface area contributed by atoms with Gasteiger partial charge in [0.2, 0.25) is 0 Å². The number of aliphatic carboxylic acids is 1. The summed E-state index contributed by atoms with van der Waals surface area (Å²) in [5.74, 6) is -0.487. The molecule has 3 atom stereocenters. The molecular formula is C7H9NO2. The third-order valence-corrected chi connectivity index (χ3v) is 2.20. The highest BCUT2D eigenvalue weighted by atomic mass is 16.4. The first-order valence-corrected chi connectivity index (χ1v) is 3.44. The van der Waals surface area contributed by atoms with Gasteiger partial charge in [-0.1, -0.05) is 12.2 Å². The highest BCUT2D eigenvalue weighted by Gasteiger charge is 2.39. The summed E-state index contributed by atoms with van der Waals surface area (Å²) >= 11 is 0. The molecule has 3 heteroatoms. The van der Waals surface area contributed by atoms with Gasteiger partial charge in [-0.25, -0.2) is 0 Å². The number of rotatable bonds is 1. The molecule has 1 saturated heterocycles. The molecule has 3 nitrogen and oxygen atoms in total. The van der Waals surface area contributed by atoms with Crippen LogP contribution in [0, 0.1) is 5.92 Å². The number of carboxylic acid groups (broad SMARTS) is 1. The van der Waals surface area contributed by atoms with Crippen molar-refractivity contribution in [2.75, 3.05) is 0 Å². The molecule has 0 unspecified atom stereocenters. The fourth-order valence-corrected chi connectivity index (χ4v) is 1.71. The maximum absolute atomic E-state index is 10.5. The predicted octanol–water partition coefficient (Wildman–Crippen LogP) is -0.0125. The van der Waals surface area contributed by atoms with E-state index in [1.54, 1.807) is 0 Å². The highest BCUT2D eigenvalue weighted by Crippen LogP contribution is 2.28. The van der Waals surface area contributed by atoms with Crippen molar-refractivity contribution in [3.63, 3.8) is 0 Å². The molecule has 0 aromatic rings. The van der Waals surface area contributed by atoms with Gasteiger partial charge in [0.05, 0.1) is 0 Å². The molecule has 0 aromatic carbocycles. The van der Waals surface area contributed by atoms with Crippen molar-refractivity contribution in [2.45, 2.75) is 18.5 Å².